The summed E-state index contributed by atoms with van der Waals surface area (Å²) >= 11 is 3.34. The van der Waals surface area contributed by atoms with Crippen molar-refractivity contribution in [2.24, 2.45) is 0 Å². The average molecular weight is 487 g/mol. The van der Waals surface area contributed by atoms with Crippen LogP contribution in [0.3, 0.4) is 0 Å². The highest BCUT2D eigenvalue weighted by Crippen LogP contribution is 2.32. The summed E-state index contributed by atoms with van der Waals surface area (Å²) in [4.78, 5) is 19.7. The van der Waals surface area contributed by atoms with Crippen molar-refractivity contribution in [1.29, 1.82) is 0 Å². The molecule has 0 spiro atoms. The Hall–Kier alpha value is -2.51. The van der Waals surface area contributed by atoms with Crippen LogP contribution in [-0.2, 0) is 0 Å². The number of rotatable bonds is 7. The Morgan fingerprint density at radius 1 is 1.26 bits per heavy atom. The number of carbonyl (C=O) groups excluding carboxylic acids is 1. The lowest BCUT2D eigenvalue weighted by atomic mass is 10.0. The van der Waals surface area contributed by atoms with Gasteiger partial charge in [0.15, 0.2) is 11.6 Å². The van der Waals surface area contributed by atoms with Gasteiger partial charge in [-0.1, -0.05) is 40.2 Å². The van der Waals surface area contributed by atoms with Gasteiger partial charge in [0, 0.05) is 22.8 Å². The van der Waals surface area contributed by atoms with Crippen molar-refractivity contribution in [1.82, 2.24) is 9.88 Å². The largest absolute Gasteiger partial charge is 0.490 e. The first kappa shape index (κ1) is 21.7. The number of hydrogen-bond donors (Lipinski definition) is 1. The number of aromatic nitrogens is 1. The zero-order valence-corrected chi connectivity index (χ0v) is 18.6. The van der Waals surface area contributed by atoms with Crippen molar-refractivity contribution >= 4 is 32.7 Å². The number of pyridine rings is 1. The minimum absolute atomic E-state index is 0.0655. The second-order valence-electron chi connectivity index (χ2n) is 7.56. The Labute approximate surface area is 189 Å². The molecule has 4 rings (SSSR count). The van der Waals surface area contributed by atoms with E-state index in [2.05, 4.69) is 20.9 Å². The van der Waals surface area contributed by atoms with Gasteiger partial charge >= 0.3 is 0 Å². The number of aliphatic hydroxyl groups excluding tert-OH is 1. The number of aliphatic hydroxyl groups is 1. The lowest BCUT2D eigenvalue weighted by Gasteiger charge is -2.24. The van der Waals surface area contributed by atoms with E-state index in [9.17, 15) is 9.90 Å². The van der Waals surface area contributed by atoms with Gasteiger partial charge in [0.1, 0.15) is 0 Å². The summed E-state index contributed by atoms with van der Waals surface area (Å²) in [5.41, 5.74) is 1.75. The molecule has 2 aromatic carbocycles. The summed E-state index contributed by atoms with van der Waals surface area (Å²) in [6.45, 7) is 0.934. The molecule has 0 bridgehead atoms. The highest BCUT2D eigenvalue weighted by atomic mass is 79.9. The number of halogens is 2. The summed E-state index contributed by atoms with van der Waals surface area (Å²) in [7, 11) is 0. The third-order valence-electron chi connectivity index (χ3n) is 5.57. The Morgan fingerprint density at radius 3 is 2.90 bits per heavy atom. The molecule has 162 valence electrons. The fourth-order valence-corrected chi connectivity index (χ4v) is 4.22. The van der Waals surface area contributed by atoms with E-state index in [1.165, 1.54) is 0 Å². The molecule has 1 saturated heterocycles. The fourth-order valence-electron chi connectivity index (χ4n) is 3.99. The van der Waals surface area contributed by atoms with Crippen molar-refractivity contribution in [3.8, 4) is 17.0 Å². The molecule has 1 aliphatic heterocycles. The third-order valence-corrected chi connectivity index (χ3v) is 6.13. The number of likely N-dealkylation sites (tertiary alicyclic amines) is 1. The van der Waals surface area contributed by atoms with Gasteiger partial charge in [0.05, 0.1) is 36.0 Å². The fraction of sp³-hybridized carbons (Fsp3) is 0.333. The van der Waals surface area contributed by atoms with Crippen LogP contribution in [0, 0.1) is 5.82 Å². The number of ether oxygens (including phenoxy) is 1. The SMILES string of the molecule is O=C(c1cc(-c2cccc(OCCCBr)c2F)nc2ccccc12)N1CCCC1CO. The molecule has 1 unspecified atom stereocenters. The quantitative estimate of drug-likeness (QED) is 0.384. The lowest BCUT2D eigenvalue weighted by molar-refractivity contribution is 0.0679. The smallest absolute Gasteiger partial charge is 0.254 e. The molecule has 2 heterocycles. The summed E-state index contributed by atoms with van der Waals surface area (Å²) in [5, 5.41) is 11.1. The molecule has 1 aliphatic rings. The molecule has 0 radical (unpaired) electrons. The van der Waals surface area contributed by atoms with Crippen molar-refractivity contribution in [3.63, 3.8) is 0 Å². The van der Waals surface area contributed by atoms with Crippen LogP contribution in [0.25, 0.3) is 22.2 Å². The van der Waals surface area contributed by atoms with Crippen LogP contribution in [0.5, 0.6) is 5.75 Å². The van der Waals surface area contributed by atoms with E-state index in [1.54, 1.807) is 29.2 Å². The minimum atomic E-state index is -0.493. The maximum atomic E-state index is 15.2. The van der Waals surface area contributed by atoms with Gasteiger partial charge in [-0.3, -0.25) is 4.79 Å². The number of carbonyl (C=O) groups is 1. The molecule has 5 nitrogen and oxygen atoms in total. The van der Waals surface area contributed by atoms with Crippen LogP contribution in [0.15, 0.2) is 48.5 Å². The summed E-state index contributed by atoms with van der Waals surface area (Å²) in [6.07, 6.45) is 2.40. The van der Waals surface area contributed by atoms with E-state index in [4.69, 9.17) is 4.74 Å². The number of benzene rings is 2. The van der Waals surface area contributed by atoms with Crippen molar-refractivity contribution in [3.05, 3.63) is 59.9 Å². The zero-order chi connectivity index (χ0) is 21.8. The molecule has 1 aromatic heterocycles. The number of amides is 1. The van der Waals surface area contributed by atoms with Crippen molar-refractivity contribution in [2.75, 3.05) is 25.1 Å². The Kier molecular flexibility index (Phi) is 6.83. The maximum Gasteiger partial charge on any atom is 0.254 e. The Balaban J connectivity index is 1.78. The first-order chi connectivity index (χ1) is 15.1. The second-order valence-corrected chi connectivity index (χ2v) is 8.35. The molecule has 1 amide bonds. The Morgan fingerprint density at radius 2 is 2.10 bits per heavy atom. The molecule has 0 saturated carbocycles. The maximum absolute atomic E-state index is 15.2. The number of nitrogens with zero attached hydrogens (tertiary/aromatic N) is 2. The van der Waals surface area contributed by atoms with Crippen LogP contribution in [0.1, 0.15) is 29.6 Å². The normalized spacial score (nSPS) is 16.1. The monoisotopic (exact) mass is 486 g/mol. The molecular formula is C24H24BrFN2O3. The van der Waals surface area contributed by atoms with E-state index in [-0.39, 0.29) is 29.9 Å². The molecule has 1 fully saturated rings. The average Bonchev–Trinajstić information content (AvgIpc) is 3.28. The van der Waals surface area contributed by atoms with Gasteiger partial charge in [0.2, 0.25) is 0 Å². The van der Waals surface area contributed by atoms with Crippen molar-refractivity contribution < 1.29 is 19.0 Å². The van der Waals surface area contributed by atoms with Gasteiger partial charge in [-0.2, -0.15) is 0 Å². The first-order valence-electron chi connectivity index (χ1n) is 10.4. The highest BCUT2D eigenvalue weighted by molar-refractivity contribution is 9.09. The van der Waals surface area contributed by atoms with Crippen LogP contribution in [0.2, 0.25) is 0 Å². The summed E-state index contributed by atoms with van der Waals surface area (Å²) < 4.78 is 20.8. The van der Waals surface area contributed by atoms with Gasteiger partial charge in [0.25, 0.3) is 5.91 Å². The van der Waals surface area contributed by atoms with Crippen LogP contribution in [0.4, 0.5) is 4.39 Å². The molecule has 3 aromatic rings. The van der Waals surface area contributed by atoms with Gasteiger partial charge < -0.3 is 14.7 Å². The van der Waals surface area contributed by atoms with Gasteiger partial charge in [-0.15, -0.1) is 0 Å². The van der Waals surface area contributed by atoms with Gasteiger partial charge in [-0.05, 0) is 43.5 Å². The van der Waals surface area contributed by atoms with Gasteiger partial charge in [-0.25, -0.2) is 9.37 Å². The lowest BCUT2D eigenvalue weighted by Crippen LogP contribution is -2.37. The predicted octanol–water partition coefficient (Wildman–Crippen LogP) is 4.80. The molecule has 0 aliphatic carbocycles. The van der Waals surface area contributed by atoms with E-state index in [0.29, 0.717) is 35.3 Å². The van der Waals surface area contributed by atoms with E-state index in [0.717, 1.165) is 24.6 Å². The minimum Gasteiger partial charge on any atom is -0.490 e. The Bertz CT molecular complexity index is 1090. The van der Waals surface area contributed by atoms with Crippen LogP contribution >= 0.6 is 15.9 Å². The number of alkyl halides is 1. The standard InChI is InChI=1S/C24H24BrFN2O3/c25-11-5-13-31-22-10-3-8-18(23(22)26)21-14-19(17-7-1-2-9-20(17)27-21)24(30)28-12-4-6-16(28)15-29/h1-3,7-10,14,16,29H,4-6,11-13,15H2. The van der Waals surface area contributed by atoms with E-state index in [1.807, 2.05) is 24.3 Å². The molecule has 31 heavy (non-hydrogen) atoms. The zero-order valence-electron chi connectivity index (χ0n) is 17.1. The summed E-state index contributed by atoms with van der Waals surface area (Å²) in [6, 6.07) is 13.8. The van der Waals surface area contributed by atoms with Crippen LogP contribution < -0.4 is 4.74 Å². The molecule has 1 N–H and O–H groups in total. The molecule has 7 heteroatoms. The van der Waals surface area contributed by atoms with E-state index < -0.39 is 5.82 Å². The third kappa shape index (κ3) is 4.43. The highest BCUT2D eigenvalue weighted by Gasteiger charge is 2.30. The van der Waals surface area contributed by atoms with Crippen LogP contribution in [-0.4, -0.2) is 52.0 Å². The second kappa shape index (κ2) is 9.75. The first-order valence-corrected chi connectivity index (χ1v) is 11.6. The van der Waals surface area contributed by atoms with Crippen molar-refractivity contribution in [2.45, 2.75) is 25.3 Å². The number of fused-ring (bicyclic) bond motifs is 1. The summed E-state index contributed by atoms with van der Waals surface area (Å²) in [5.74, 6) is -0.490. The number of para-hydroxylation sites is 1. The topological polar surface area (TPSA) is 62.7 Å². The predicted molar refractivity (Wildman–Crippen MR) is 122 cm³/mol. The van der Waals surface area contributed by atoms with E-state index >= 15 is 4.39 Å². The molecular weight excluding hydrogens is 463 g/mol. The molecule has 1 atom stereocenters. The number of hydrogen-bond acceptors (Lipinski definition) is 4.